The van der Waals surface area contributed by atoms with Gasteiger partial charge in [0, 0.05) is 12.1 Å². The fraction of sp³-hybridized carbons (Fsp3) is 0.222. The van der Waals surface area contributed by atoms with Crippen LogP contribution in [0.25, 0.3) is 0 Å². The second-order valence-corrected chi connectivity index (χ2v) is 2.18. The topological polar surface area (TPSA) is 12.4 Å². The molecule has 0 fully saturated rings. The molecule has 0 aromatic heterocycles. The summed E-state index contributed by atoms with van der Waals surface area (Å²) in [6, 6.07) is 0. The van der Waals surface area contributed by atoms with Gasteiger partial charge in [0.2, 0.25) is 0 Å². The minimum atomic E-state index is 0.714. The average molecular weight is 131 g/mol. The average Bonchev–Trinajstić information content (AvgIpc) is 2.13. The zero-order valence-corrected chi connectivity index (χ0v) is 5.96. The lowest BCUT2D eigenvalue weighted by Gasteiger charge is -1.90. The molecule has 0 spiro atoms. The summed E-state index contributed by atoms with van der Waals surface area (Å²) in [6.45, 7) is 1.97. The maximum atomic E-state index is 5.18. The highest BCUT2D eigenvalue weighted by Gasteiger charge is 1.93. The molecule has 0 unspecified atom stereocenters. The highest BCUT2D eigenvalue weighted by Crippen LogP contribution is 2.03. The van der Waals surface area contributed by atoms with E-state index in [4.69, 9.17) is 6.42 Å². The Hall–Kier alpha value is -1.29. The fourth-order valence-corrected chi connectivity index (χ4v) is 0.767. The van der Waals surface area contributed by atoms with Crippen molar-refractivity contribution in [3.8, 4) is 12.3 Å². The minimum Gasteiger partial charge on any atom is -0.249 e. The second kappa shape index (κ2) is 3.03. The van der Waals surface area contributed by atoms with Gasteiger partial charge in [-0.05, 0) is 13.0 Å². The number of hydrogen-bond acceptors (Lipinski definition) is 1. The zero-order chi connectivity index (χ0) is 7.40. The normalized spacial score (nSPS) is 16.8. The molecule has 0 atom stereocenters. The number of allylic oxidation sites excluding steroid dienone is 4. The van der Waals surface area contributed by atoms with E-state index in [2.05, 4.69) is 10.9 Å². The predicted octanol–water partition coefficient (Wildman–Crippen LogP) is 1.92. The monoisotopic (exact) mass is 131 g/mol. The Bertz CT molecular complexity index is 248. The SMILES string of the molecule is C#CC1=CC=CCC(C)=N1. The molecule has 1 nitrogen and oxygen atoms in total. The van der Waals surface area contributed by atoms with E-state index in [1.807, 2.05) is 25.2 Å². The van der Waals surface area contributed by atoms with Crippen LogP contribution in [0.4, 0.5) is 0 Å². The van der Waals surface area contributed by atoms with Crippen molar-refractivity contribution in [2.45, 2.75) is 13.3 Å². The van der Waals surface area contributed by atoms with E-state index < -0.39 is 0 Å². The first-order valence-corrected chi connectivity index (χ1v) is 3.20. The van der Waals surface area contributed by atoms with E-state index in [1.54, 1.807) is 0 Å². The van der Waals surface area contributed by atoms with E-state index in [-0.39, 0.29) is 0 Å². The van der Waals surface area contributed by atoms with Crippen molar-refractivity contribution < 1.29 is 0 Å². The second-order valence-electron chi connectivity index (χ2n) is 2.18. The van der Waals surface area contributed by atoms with Gasteiger partial charge in [0.15, 0.2) is 0 Å². The van der Waals surface area contributed by atoms with E-state index in [1.165, 1.54) is 0 Å². The molecule has 0 radical (unpaired) electrons. The number of hydrogen-bond donors (Lipinski definition) is 0. The van der Waals surface area contributed by atoms with Gasteiger partial charge in [-0.3, -0.25) is 0 Å². The Morgan fingerprint density at radius 3 is 3.20 bits per heavy atom. The van der Waals surface area contributed by atoms with E-state index in [0.29, 0.717) is 5.70 Å². The highest BCUT2D eigenvalue weighted by molar-refractivity contribution is 5.85. The molecular formula is C9H9N. The molecule has 0 aromatic carbocycles. The van der Waals surface area contributed by atoms with Crippen molar-refractivity contribution in [3.63, 3.8) is 0 Å². The fourth-order valence-electron chi connectivity index (χ4n) is 0.767. The van der Waals surface area contributed by atoms with Crippen LogP contribution in [0.15, 0.2) is 28.9 Å². The molecule has 1 heteroatoms. The van der Waals surface area contributed by atoms with Gasteiger partial charge >= 0.3 is 0 Å². The Labute approximate surface area is 61.2 Å². The Morgan fingerprint density at radius 2 is 2.50 bits per heavy atom. The maximum absolute atomic E-state index is 5.18. The molecule has 10 heavy (non-hydrogen) atoms. The van der Waals surface area contributed by atoms with Crippen LogP contribution in [0.1, 0.15) is 13.3 Å². The molecule has 1 aliphatic heterocycles. The predicted molar refractivity (Wildman–Crippen MR) is 43.8 cm³/mol. The Balaban J connectivity index is 2.92. The minimum absolute atomic E-state index is 0.714. The Kier molecular flexibility index (Phi) is 2.07. The third-order valence-electron chi connectivity index (χ3n) is 1.26. The van der Waals surface area contributed by atoms with Gasteiger partial charge in [0.05, 0.1) is 0 Å². The van der Waals surface area contributed by atoms with Gasteiger partial charge < -0.3 is 0 Å². The highest BCUT2D eigenvalue weighted by atomic mass is 14.7. The first-order chi connectivity index (χ1) is 4.83. The first kappa shape index (κ1) is 6.82. The zero-order valence-electron chi connectivity index (χ0n) is 5.96. The number of rotatable bonds is 0. The third-order valence-corrected chi connectivity index (χ3v) is 1.26. The Morgan fingerprint density at radius 1 is 1.70 bits per heavy atom. The van der Waals surface area contributed by atoms with Crippen LogP contribution in [0, 0.1) is 12.3 Å². The van der Waals surface area contributed by atoms with Crippen LogP contribution in [-0.4, -0.2) is 5.71 Å². The summed E-state index contributed by atoms with van der Waals surface area (Å²) >= 11 is 0. The van der Waals surface area contributed by atoms with Crippen molar-refractivity contribution in [2.24, 2.45) is 4.99 Å². The van der Waals surface area contributed by atoms with Crippen LogP contribution >= 0.6 is 0 Å². The number of aliphatic imine (C=N–C) groups is 1. The molecule has 0 aromatic rings. The summed E-state index contributed by atoms with van der Waals surface area (Å²) in [5.41, 5.74) is 1.78. The molecule has 0 saturated heterocycles. The summed E-state index contributed by atoms with van der Waals surface area (Å²) in [7, 11) is 0. The lowest BCUT2D eigenvalue weighted by Crippen LogP contribution is -1.86. The van der Waals surface area contributed by atoms with Gasteiger partial charge in [-0.2, -0.15) is 0 Å². The summed E-state index contributed by atoms with van der Waals surface area (Å²) in [6.07, 6.45) is 11.9. The van der Waals surface area contributed by atoms with Crippen molar-refractivity contribution in [1.82, 2.24) is 0 Å². The van der Waals surface area contributed by atoms with Gasteiger partial charge in [-0.15, -0.1) is 6.42 Å². The van der Waals surface area contributed by atoms with E-state index >= 15 is 0 Å². The summed E-state index contributed by atoms with van der Waals surface area (Å²) in [5, 5.41) is 0. The summed E-state index contributed by atoms with van der Waals surface area (Å²) in [5.74, 6) is 2.50. The molecule has 1 rings (SSSR count). The molecule has 0 saturated carbocycles. The molecule has 0 N–H and O–H groups in total. The van der Waals surface area contributed by atoms with Crippen molar-refractivity contribution in [2.75, 3.05) is 0 Å². The molecule has 0 aliphatic carbocycles. The molecule has 50 valence electrons. The van der Waals surface area contributed by atoms with Crippen LogP contribution in [0.3, 0.4) is 0 Å². The molecule has 1 heterocycles. The van der Waals surface area contributed by atoms with Crippen LogP contribution < -0.4 is 0 Å². The molecular weight excluding hydrogens is 122 g/mol. The van der Waals surface area contributed by atoms with Crippen molar-refractivity contribution in [1.29, 1.82) is 0 Å². The summed E-state index contributed by atoms with van der Waals surface area (Å²) in [4.78, 5) is 4.17. The summed E-state index contributed by atoms with van der Waals surface area (Å²) < 4.78 is 0. The van der Waals surface area contributed by atoms with Crippen LogP contribution in [-0.2, 0) is 0 Å². The molecule has 1 aliphatic rings. The maximum Gasteiger partial charge on any atom is 0.112 e. The standard InChI is InChI=1S/C9H9N/c1-3-9-7-5-4-6-8(2)10-9/h1,4-5,7H,6H2,2H3. The smallest absolute Gasteiger partial charge is 0.112 e. The third kappa shape index (κ3) is 1.60. The van der Waals surface area contributed by atoms with Crippen molar-refractivity contribution in [3.05, 3.63) is 23.9 Å². The van der Waals surface area contributed by atoms with Gasteiger partial charge in [0.25, 0.3) is 0 Å². The lowest BCUT2D eigenvalue weighted by molar-refractivity contribution is 1.37. The number of terminal acetylenes is 1. The first-order valence-electron chi connectivity index (χ1n) is 3.20. The molecule has 0 bridgehead atoms. The van der Waals surface area contributed by atoms with Crippen molar-refractivity contribution >= 4 is 5.71 Å². The van der Waals surface area contributed by atoms with E-state index in [0.717, 1.165) is 12.1 Å². The van der Waals surface area contributed by atoms with Gasteiger partial charge in [0.1, 0.15) is 5.70 Å². The van der Waals surface area contributed by atoms with Gasteiger partial charge in [-0.25, -0.2) is 4.99 Å². The van der Waals surface area contributed by atoms with Crippen LogP contribution in [0.5, 0.6) is 0 Å². The number of nitrogens with zero attached hydrogens (tertiary/aromatic N) is 1. The lowest BCUT2D eigenvalue weighted by atomic mass is 10.3. The van der Waals surface area contributed by atoms with Crippen LogP contribution in [0.2, 0.25) is 0 Å². The van der Waals surface area contributed by atoms with E-state index in [9.17, 15) is 0 Å². The largest absolute Gasteiger partial charge is 0.249 e. The van der Waals surface area contributed by atoms with Gasteiger partial charge in [-0.1, -0.05) is 18.1 Å². The molecule has 0 amide bonds. The quantitative estimate of drug-likeness (QED) is 0.445.